The van der Waals surface area contributed by atoms with Gasteiger partial charge in [-0.05, 0) is 24.3 Å². The van der Waals surface area contributed by atoms with Crippen molar-refractivity contribution in [2.24, 2.45) is 0 Å². The molecule has 2 N–H and O–H groups in total. The Balaban J connectivity index is 2.62. The Labute approximate surface area is 113 Å². The summed E-state index contributed by atoms with van der Waals surface area (Å²) < 4.78 is 0. The molecule has 0 spiro atoms. The van der Waals surface area contributed by atoms with Crippen molar-refractivity contribution in [1.82, 2.24) is 0 Å². The highest BCUT2D eigenvalue weighted by Crippen LogP contribution is 2.24. The normalized spacial score (nSPS) is 15.8. The quantitative estimate of drug-likeness (QED) is 0.587. The van der Waals surface area contributed by atoms with E-state index in [1.807, 2.05) is 13.8 Å². The first kappa shape index (κ1) is 15.6. The van der Waals surface area contributed by atoms with Gasteiger partial charge in [0, 0.05) is 12.1 Å². The highest BCUT2D eigenvalue weighted by atomic mass is 16.6. The smallest absolute Gasteiger partial charge is 0.269 e. The van der Waals surface area contributed by atoms with Crippen LogP contribution in [0.4, 0.5) is 5.69 Å². The van der Waals surface area contributed by atoms with Crippen LogP contribution in [0.3, 0.4) is 0 Å². The molecule has 0 saturated heterocycles. The molecule has 0 radical (unpaired) electrons. The predicted octanol–water partition coefficient (Wildman–Crippen LogP) is 2.61. The van der Waals surface area contributed by atoms with Crippen LogP contribution in [-0.4, -0.2) is 27.3 Å². The van der Waals surface area contributed by atoms with Crippen molar-refractivity contribution in [2.75, 3.05) is 0 Å². The average molecular weight is 267 g/mol. The lowest BCUT2D eigenvalue weighted by molar-refractivity contribution is -0.384. The fourth-order valence-electron chi connectivity index (χ4n) is 2.07. The molecule has 0 aliphatic heterocycles. The monoisotopic (exact) mass is 267 g/mol. The van der Waals surface area contributed by atoms with Crippen LogP contribution in [0.1, 0.15) is 44.6 Å². The maximum atomic E-state index is 10.6. The van der Waals surface area contributed by atoms with Gasteiger partial charge >= 0.3 is 0 Å². The Bertz CT molecular complexity index is 404. The van der Waals surface area contributed by atoms with Gasteiger partial charge in [0.2, 0.25) is 0 Å². The fourth-order valence-corrected chi connectivity index (χ4v) is 2.07. The summed E-state index contributed by atoms with van der Waals surface area (Å²) in [7, 11) is 0. The van der Waals surface area contributed by atoms with E-state index in [0.29, 0.717) is 12.8 Å². The Kier molecular flexibility index (Phi) is 5.92. The first-order valence-electron chi connectivity index (χ1n) is 6.56. The minimum Gasteiger partial charge on any atom is -0.390 e. The first-order chi connectivity index (χ1) is 8.95. The molecular formula is C14H21NO4. The lowest BCUT2D eigenvalue weighted by atomic mass is 9.92. The Morgan fingerprint density at radius 3 is 2.26 bits per heavy atom. The molecule has 0 aromatic heterocycles. The van der Waals surface area contributed by atoms with Crippen LogP contribution >= 0.6 is 0 Å². The van der Waals surface area contributed by atoms with E-state index in [9.17, 15) is 20.3 Å². The predicted molar refractivity (Wildman–Crippen MR) is 73.1 cm³/mol. The van der Waals surface area contributed by atoms with Crippen LogP contribution in [0.15, 0.2) is 24.3 Å². The van der Waals surface area contributed by atoms with Gasteiger partial charge in [-0.25, -0.2) is 0 Å². The van der Waals surface area contributed by atoms with E-state index in [2.05, 4.69) is 0 Å². The van der Waals surface area contributed by atoms with E-state index in [-0.39, 0.29) is 11.6 Å². The number of aliphatic hydroxyl groups excluding tert-OH is 2. The van der Waals surface area contributed by atoms with E-state index < -0.39 is 17.1 Å². The van der Waals surface area contributed by atoms with Crippen LogP contribution in [-0.2, 0) is 0 Å². The molecule has 3 unspecified atom stereocenters. The third-order valence-corrected chi connectivity index (χ3v) is 3.30. The number of rotatable bonds is 7. The molecule has 106 valence electrons. The third kappa shape index (κ3) is 4.61. The summed E-state index contributed by atoms with van der Waals surface area (Å²) in [6.07, 6.45) is 0.382. The minimum atomic E-state index is -0.759. The number of nitro benzene ring substituents is 1. The van der Waals surface area contributed by atoms with E-state index in [1.165, 1.54) is 12.1 Å². The van der Waals surface area contributed by atoms with Gasteiger partial charge < -0.3 is 10.2 Å². The number of aliphatic hydroxyl groups is 2. The van der Waals surface area contributed by atoms with Crippen LogP contribution in [0, 0.1) is 10.1 Å². The maximum Gasteiger partial charge on any atom is 0.269 e. The van der Waals surface area contributed by atoms with Gasteiger partial charge in [0.05, 0.1) is 17.1 Å². The van der Waals surface area contributed by atoms with Gasteiger partial charge in [0.1, 0.15) is 0 Å². The first-order valence-corrected chi connectivity index (χ1v) is 6.56. The van der Waals surface area contributed by atoms with E-state index in [1.54, 1.807) is 12.1 Å². The minimum absolute atomic E-state index is 0.0438. The second-order valence-corrected chi connectivity index (χ2v) is 4.91. The largest absolute Gasteiger partial charge is 0.390 e. The average Bonchev–Trinajstić information content (AvgIpc) is 2.38. The number of non-ortho nitro benzene ring substituents is 1. The molecule has 0 bridgehead atoms. The molecule has 19 heavy (non-hydrogen) atoms. The second kappa shape index (κ2) is 7.21. The number of hydrogen-bond donors (Lipinski definition) is 2. The van der Waals surface area contributed by atoms with E-state index in [4.69, 9.17) is 0 Å². The number of benzene rings is 1. The lowest BCUT2D eigenvalue weighted by Crippen LogP contribution is -2.27. The van der Waals surface area contributed by atoms with Crippen LogP contribution < -0.4 is 0 Å². The number of nitro groups is 1. The van der Waals surface area contributed by atoms with Gasteiger partial charge in [0.15, 0.2) is 0 Å². The van der Waals surface area contributed by atoms with Crippen LogP contribution in [0.2, 0.25) is 0 Å². The molecule has 0 saturated carbocycles. The van der Waals surface area contributed by atoms with Gasteiger partial charge in [-0.15, -0.1) is 0 Å². The summed E-state index contributed by atoms with van der Waals surface area (Å²) in [6, 6.07) is 6.31. The summed E-state index contributed by atoms with van der Waals surface area (Å²) in [5, 5.41) is 30.1. The fraction of sp³-hybridized carbons (Fsp3) is 0.571. The highest BCUT2D eigenvalue weighted by Gasteiger charge is 2.19. The van der Waals surface area contributed by atoms with Crippen LogP contribution in [0.25, 0.3) is 0 Å². The molecule has 1 aromatic carbocycles. The molecular weight excluding hydrogens is 246 g/mol. The van der Waals surface area contributed by atoms with Gasteiger partial charge in [-0.3, -0.25) is 10.1 Å². The highest BCUT2D eigenvalue weighted by molar-refractivity contribution is 5.34. The lowest BCUT2D eigenvalue weighted by Gasteiger charge is -2.21. The Hall–Kier alpha value is -1.46. The second-order valence-electron chi connectivity index (χ2n) is 4.91. The molecule has 1 aromatic rings. The summed E-state index contributed by atoms with van der Waals surface area (Å²) in [4.78, 5) is 10.1. The molecule has 0 fully saturated rings. The zero-order chi connectivity index (χ0) is 14.4. The molecule has 5 nitrogen and oxygen atoms in total. The zero-order valence-corrected chi connectivity index (χ0v) is 11.3. The molecule has 1 rings (SSSR count). The summed E-state index contributed by atoms with van der Waals surface area (Å²) in [5.41, 5.74) is 0.982. The molecule has 0 heterocycles. The Morgan fingerprint density at radius 2 is 1.79 bits per heavy atom. The summed E-state index contributed by atoms with van der Waals surface area (Å²) in [6.45, 7) is 3.89. The summed E-state index contributed by atoms with van der Waals surface area (Å²) >= 11 is 0. The van der Waals surface area contributed by atoms with E-state index in [0.717, 1.165) is 12.0 Å². The summed E-state index contributed by atoms with van der Waals surface area (Å²) in [5.74, 6) is 0.0438. The standard InChI is InChI=1S/C14H21NO4/c1-3-4-13(16)14(17)9-10(2)11-5-7-12(8-6-11)15(18)19/h5-8,10,13-14,16-17H,3-4,9H2,1-2H3. The molecule has 0 amide bonds. The zero-order valence-electron chi connectivity index (χ0n) is 11.3. The van der Waals surface area contributed by atoms with Gasteiger partial charge in [-0.2, -0.15) is 0 Å². The molecule has 0 aliphatic carbocycles. The van der Waals surface area contributed by atoms with Crippen molar-refractivity contribution in [3.05, 3.63) is 39.9 Å². The third-order valence-electron chi connectivity index (χ3n) is 3.30. The van der Waals surface area contributed by atoms with Gasteiger partial charge in [-0.1, -0.05) is 32.4 Å². The number of hydrogen-bond acceptors (Lipinski definition) is 4. The van der Waals surface area contributed by atoms with Crippen molar-refractivity contribution in [3.63, 3.8) is 0 Å². The van der Waals surface area contributed by atoms with Crippen molar-refractivity contribution in [1.29, 1.82) is 0 Å². The van der Waals surface area contributed by atoms with Crippen LogP contribution in [0.5, 0.6) is 0 Å². The van der Waals surface area contributed by atoms with Gasteiger partial charge in [0.25, 0.3) is 5.69 Å². The van der Waals surface area contributed by atoms with Crippen molar-refractivity contribution in [2.45, 2.75) is 51.2 Å². The number of nitrogens with zero attached hydrogens (tertiary/aromatic N) is 1. The molecule has 3 atom stereocenters. The molecule has 0 aliphatic rings. The SMILES string of the molecule is CCCC(O)C(O)CC(C)c1ccc([N+](=O)[O-])cc1. The van der Waals surface area contributed by atoms with Crippen molar-refractivity contribution >= 4 is 5.69 Å². The van der Waals surface area contributed by atoms with E-state index >= 15 is 0 Å². The maximum absolute atomic E-state index is 10.6. The van der Waals surface area contributed by atoms with Crippen molar-refractivity contribution in [3.8, 4) is 0 Å². The molecule has 5 heteroatoms. The topological polar surface area (TPSA) is 83.6 Å². The Morgan fingerprint density at radius 1 is 1.21 bits per heavy atom. The van der Waals surface area contributed by atoms with Crippen molar-refractivity contribution < 1.29 is 15.1 Å².